The van der Waals surface area contributed by atoms with E-state index in [2.05, 4.69) is 40.2 Å². The van der Waals surface area contributed by atoms with Gasteiger partial charge < -0.3 is 10.1 Å². The Morgan fingerprint density at radius 2 is 2.36 bits per heavy atom. The first-order valence-electron chi connectivity index (χ1n) is 10.2. The Bertz CT molecular complexity index is 934. The third kappa shape index (κ3) is 2.84. The van der Waals surface area contributed by atoms with E-state index in [0.717, 1.165) is 32.5 Å². The van der Waals surface area contributed by atoms with Gasteiger partial charge in [-0.25, -0.2) is 9.50 Å². The Morgan fingerprint density at radius 3 is 3.21 bits per heavy atom. The van der Waals surface area contributed by atoms with Gasteiger partial charge in [0.1, 0.15) is 5.69 Å². The van der Waals surface area contributed by atoms with Crippen LogP contribution in [0.3, 0.4) is 0 Å². The molecule has 7 heteroatoms. The van der Waals surface area contributed by atoms with Gasteiger partial charge in [0.15, 0.2) is 5.65 Å². The van der Waals surface area contributed by atoms with Gasteiger partial charge in [-0.2, -0.15) is 5.10 Å². The van der Waals surface area contributed by atoms with Crippen molar-refractivity contribution in [3.63, 3.8) is 0 Å². The number of hydrogen-bond donors (Lipinski definition) is 1. The summed E-state index contributed by atoms with van der Waals surface area (Å²) < 4.78 is 8.07. The van der Waals surface area contributed by atoms with Gasteiger partial charge in [0, 0.05) is 44.2 Å². The summed E-state index contributed by atoms with van der Waals surface area (Å²) in [6, 6.07) is 3.66. The summed E-state index contributed by atoms with van der Waals surface area (Å²) in [5.41, 5.74) is 2.51. The Hall–Kier alpha value is -2.25. The maximum Gasteiger partial charge on any atom is 0.271 e. The van der Waals surface area contributed by atoms with Crippen molar-refractivity contribution < 1.29 is 9.53 Å². The average molecular weight is 381 g/mol. The first kappa shape index (κ1) is 17.8. The highest BCUT2D eigenvalue weighted by Crippen LogP contribution is 2.54. The molecule has 0 radical (unpaired) electrons. The second-order valence-corrected chi connectivity index (χ2v) is 8.65. The highest BCUT2D eigenvalue weighted by atomic mass is 16.5. The summed E-state index contributed by atoms with van der Waals surface area (Å²) in [4.78, 5) is 19.5. The molecule has 0 aromatic carbocycles. The van der Waals surface area contributed by atoms with Gasteiger partial charge in [0.2, 0.25) is 0 Å². The summed E-state index contributed by atoms with van der Waals surface area (Å²) in [5, 5.41) is 7.36. The van der Waals surface area contributed by atoms with E-state index >= 15 is 0 Å². The van der Waals surface area contributed by atoms with Crippen molar-refractivity contribution in [2.75, 3.05) is 26.2 Å². The Kier molecular flexibility index (Phi) is 4.25. The molecule has 3 saturated heterocycles. The zero-order valence-corrected chi connectivity index (χ0v) is 16.5. The Morgan fingerprint density at radius 1 is 1.46 bits per heavy atom. The number of fused-ring (bicyclic) bond motifs is 2. The van der Waals surface area contributed by atoms with Gasteiger partial charge >= 0.3 is 0 Å². The van der Waals surface area contributed by atoms with Gasteiger partial charge in [0.05, 0.1) is 17.9 Å². The fourth-order valence-electron chi connectivity index (χ4n) is 5.30. The fourth-order valence-corrected chi connectivity index (χ4v) is 5.30. The lowest BCUT2D eigenvalue weighted by atomic mass is 9.73. The van der Waals surface area contributed by atoms with Crippen LogP contribution in [0.25, 0.3) is 5.65 Å². The van der Waals surface area contributed by atoms with E-state index in [-0.39, 0.29) is 17.6 Å². The number of rotatable bonds is 5. The third-order valence-corrected chi connectivity index (χ3v) is 6.62. The van der Waals surface area contributed by atoms with Crippen molar-refractivity contribution in [1.82, 2.24) is 24.8 Å². The molecule has 1 N–H and O–H groups in total. The minimum Gasteiger partial charge on any atom is -0.370 e. The van der Waals surface area contributed by atoms with Gasteiger partial charge in [0.25, 0.3) is 5.91 Å². The molecule has 4 atom stereocenters. The van der Waals surface area contributed by atoms with Crippen molar-refractivity contribution in [2.24, 2.45) is 11.8 Å². The number of likely N-dealkylation sites (tertiary alicyclic amines) is 1. The average Bonchev–Trinajstić information content (AvgIpc) is 3.42. The lowest BCUT2D eigenvalue weighted by molar-refractivity contribution is 0.00363. The van der Waals surface area contributed by atoms with Crippen LogP contribution in [0, 0.1) is 11.8 Å². The largest absolute Gasteiger partial charge is 0.370 e. The number of aromatic nitrogens is 3. The first-order valence-corrected chi connectivity index (χ1v) is 10.2. The van der Waals surface area contributed by atoms with Crippen LogP contribution in [0.5, 0.6) is 0 Å². The number of allylic oxidation sites excluding steroid dienone is 1. The number of carbonyl (C=O) groups excluding carboxylic acids is 1. The van der Waals surface area contributed by atoms with E-state index in [0.29, 0.717) is 29.7 Å². The Balaban J connectivity index is 1.27. The molecule has 148 valence electrons. The molecular formula is C21H27N5O2. The third-order valence-electron chi connectivity index (χ3n) is 6.62. The highest BCUT2D eigenvalue weighted by Gasteiger charge is 2.62. The van der Waals surface area contributed by atoms with Gasteiger partial charge in [-0.05, 0) is 38.8 Å². The molecule has 2 aromatic rings. The predicted molar refractivity (Wildman–Crippen MR) is 105 cm³/mol. The summed E-state index contributed by atoms with van der Waals surface area (Å²) in [6.45, 7) is 7.99. The molecule has 3 aliphatic heterocycles. The van der Waals surface area contributed by atoms with E-state index < -0.39 is 0 Å². The van der Waals surface area contributed by atoms with E-state index in [9.17, 15) is 4.79 Å². The maximum atomic E-state index is 12.7. The smallest absolute Gasteiger partial charge is 0.271 e. The number of carbonyl (C=O) groups is 1. The molecule has 0 aliphatic carbocycles. The first-order chi connectivity index (χ1) is 13.6. The molecule has 0 saturated carbocycles. The Labute approximate surface area is 164 Å². The van der Waals surface area contributed by atoms with Crippen LogP contribution >= 0.6 is 0 Å². The second-order valence-electron chi connectivity index (χ2n) is 8.65. The molecule has 28 heavy (non-hydrogen) atoms. The van der Waals surface area contributed by atoms with E-state index in [4.69, 9.17) is 4.74 Å². The van der Waals surface area contributed by atoms with Crippen LogP contribution in [0.1, 0.15) is 37.2 Å². The quantitative estimate of drug-likeness (QED) is 0.801. The topological polar surface area (TPSA) is 71.8 Å². The summed E-state index contributed by atoms with van der Waals surface area (Å²) in [5.74, 6) is 0.751. The minimum absolute atomic E-state index is 0.000409. The molecule has 1 spiro atoms. The molecule has 1 amide bonds. The van der Waals surface area contributed by atoms with Gasteiger partial charge in [-0.1, -0.05) is 11.6 Å². The zero-order valence-electron chi connectivity index (χ0n) is 16.5. The minimum atomic E-state index is -0.123. The van der Waals surface area contributed by atoms with Crippen molar-refractivity contribution in [2.45, 2.75) is 38.4 Å². The van der Waals surface area contributed by atoms with Gasteiger partial charge in [-0.3, -0.25) is 9.69 Å². The SMILES string of the molecule is CC(C)=CCN1C[C@@H]2[C@H](CNC(=O)c3cnc4cccnn34)[C@H]3CC[C@]2(C1)O3. The second kappa shape index (κ2) is 6.67. The fraction of sp³-hybridized carbons (Fsp3) is 0.571. The molecule has 3 fully saturated rings. The van der Waals surface area contributed by atoms with Crippen LogP contribution in [0.4, 0.5) is 0 Å². The zero-order chi connectivity index (χ0) is 19.3. The highest BCUT2D eigenvalue weighted by molar-refractivity contribution is 5.93. The van der Waals surface area contributed by atoms with Crippen LogP contribution in [-0.2, 0) is 4.74 Å². The predicted octanol–water partition coefficient (Wildman–Crippen LogP) is 1.90. The number of nitrogens with zero attached hydrogens (tertiary/aromatic N) is 4. The summed E-state index contributed by atoms with van der Waals surface area (Å²) in [6.07, 6.45) is 8.07. The number of hydrogen-bond acceptors (Lipinski definition) is 5. The van der Waals surface area contributed by atoms with Crippen molar-refractivity contribution in [3.05, 3.63) is 41.9 Å². The van der Waals surface area contributed by atoms with Crippen LogP contribution in [0.15, 0.2) is 36.2 Å². The standard InChI is InChI=1S/C21H27N5O2/c1-14(2)6-9-25-12-16-15(18-5-7-21(16,13-25)28-18)10-23-20(27)17-11-22-19-4-3-8-24-26(17)19/h3-4,6,8,11,15-16,18H,5,7,9-10,12-13H2,1-2H3,(H,23,27)/t15-,16+,18+,21+/m0/s1. The summed E-state index contributed by atoms with van der Waals surface area (Å²) in [7, 11) is 0. The molecule has 5 rings (SSSR count). The molecule has 0 unspecified atom stereocenters. The summed E-state index contributed by atoms with van der Waals surface area (Å²) >= 11 is 0. The van der Waals surface area contributed by atoms with Crippen molar-refractivity contribution in [3.8, 4) is 0 Å². The van der Waals surface area contributed by atoms with Crippen LogP contribution in [0.2, 0.25) is 0 Å². The van der Waals surface area contributed by atoms with E-state index in [1.807, 2.05) is 12.1 Å². The number of amides is 1. The van der Waals surface area contributed by atoms with Crippen LogP contribution in [-0.4, -0.2) is 63.3 Å². The molecule has 3 aliphatic rings. The van der Waals surface area contributed by atoms with Gasteiger partial charge in [-0.15, -0.1) is 0 Å². The van der Waals surface area contributed by atoms with Crippen LogP contribution < -0.4 is 5.32 Å². The molecule has 2 aromatic heterocycles. The maximum absolute atomic E-state index is 12.7. The lowest BCUT2D eigenvalue weighted by Crippen LogP contribution is -2.42. The number of imidazole rings is 1. The van der Waals surface area contributed by atoms with Crippen molar-refractivity contribution >= 4 is 11.6 Å². The molecule has 5 heterocycles. The number of ether oxygens (including phenoxy) is 1. The molecular weight excluding hydrogens is 354 g/mol. The molecule has 2 bridgehead atoms. The monoisotopic (exact) mass is 381 g/mol. The van der Waals surface area contributed by atoms with Crippen molar-refractivity contribution in [1.29, 1.82) is 0 Å². The normalized spacial score (nSPS) is 31.3. The lowest BCUT2D eigenvalue weighted by Gasteiger charge is -2.29. The van der Waals surface area contributed by atoms with E-state index in [1.54, 1.807) is 16.9 Å². The molecule has 7 nitrogen and oxygen atoms in total. The van der Waals surface area contributed by atoms with E-state index in [1.165, 1.54) is 5.57 Å². The number of nitrogens with one attached hydrogen (secondary N) is 1.